The fourth-order valence-corrected chi connectivity index (χ4v) is 4.39. The van der Waals surface area contributed by atoms with Crippen LogP contribution in [0.3, 0.4) is 0 Å². The molecule has 0 spiro atoms. The summed E-state index contributed by atoms with van der Waals surface area (Å²) in [5.41, 5.74) is 8.55. The number of hydrogen-bond acceptors (Lipinski definition) is 2. The molecule has 0 fully saturated rings. The lowest BCUT2D eigenvalue weighted by Crippen LogP contribution is -2.35. The molecule has 0 bridgehead atoms. The van der Waals surface area contributed by atoms with Gasteiger partial charge in [0.25, 0.3) is 0 Å². The van der Waals surface area contributed by atoms with Crippen LogP contribution < -0.4 is 5.73 Å². The average Bonchev–Trinajstić information content (AvgIpc) is 2.49. The zero-order valence-corrected chi connectivity index (χ0v) is 13.4. The highest BCUT2D eigenvalue weighted by Crippen LogP contribution is 2.26. The fourth-order valence-electron chi connectivity index (χ4n) is 2.58. The van der Waals surface area contributed by atoms with E-state index in [4.69, 9.17) is 5.73 Å². The summed E-state index contributed by atoms with van der Waals surface area (Å²) in [5.74, 6) is 0.828. The molecule has 21 heavy (non-hydrogen) atoms. The highest BCUT2D eigenvalue weighted by atomic mass is 32.2. The highest BCUT2D eigenvalue weighted by molar-refractivity contribution is 7.84. The van der Waals surface area contributed by atoms with Crippen LogP contribution in [0.4, 0.5) is 0 Å². The smallest absolute Gasteiger partial charge is 0.0567 e. The highest BCUT2D eigenvalue weighted by Gasteiger charge is 2.28. The summed E-state index contributed by atoms with van der Waals surface area (Å²) in [6.45, 7) is 4.19. The van der Waals surface area contributed by atoms with Crippen molar-refractivity contribution in [2.75, 3.05) is 0 Å². The van der Waals surface area contributed by atoms with Gasteiger partial charge in [0.15, 0.2) is 0 Å². The standard InChI is InChI=1S/C18H23NOS/c1-14(2)18(17(19)16-11-7-4-8-12-16)21(20)13-15-9-5-3-6-10-15/h3-12,14,17-18H,13,19H2,1-2H3. The molecule has 3 atom stereocenters. The van der Waals surface area contributed by atoms with Gasteiger partial charge in [-0.2, -0.15) is 0 Å². The summed E-state index contributed by atoms with van der Waals surface area (Å²) >= 11 is 0. The third-order valence-corrected chi connectivity index (χ3v) is 5.71. The minimum absolute atomic E-state index is 0.0485. The van der Waals surface area contributed by atoms with Crippen molar-refractivity contribution >= 4 is 10.8 Å². The molecule has 3 heteroatoms. The number of nitrogens with two attached hydrogens (primary N) is 1. The third-order valence-electron chi connectivity index (χ3n) is 3.65. The molecule has 0 aliphatic carbocycles. The molecule has 3 unspecified atom stereocenters. The molecule has 0 saturated carbocycles. The van der Waals surface area contributed by atoms with Gasteiger partial charge in [-0.3, -0.25) is 4.21 Å². The Kier molecular flexibility index (Phi) is 5.71. The van der Waals surface area contributed by atoms with E-state index in [0.717, 1.165) is 11.1 Å². The van der Waals surface area contributed by atoms with Crippen molar-refractivity contribution < 1.29 is 4.21 Å². The SMILES string of the molecule is CC(C)C(C(N)c1ccccc1)S(=O)Cc1ccccc1. The predicted molar refractivity (Wildman–Crippen MR) is 90.3 cm³/mol. The van der Waals surface area contributed by atoms with Crippen molar-refractivity contribution in [3.05, 3.63) is 71.8 Å². The molecule has 0 radical (unpaired) electrons. The van der Waals surface area contributed by atoms with Crippen LogP contribution in [0, 0.1) is 5.92 Å². The first-order valence-corrected chi connectivity index (χ1v) is 8.69. The van der Waals surface area contributed by atoms with Crippen molar-refractivity contribution in [3.63, 3.8) is 0 Å². The quantitative estimate of drug-likeness (QED) is 0.885. The number of benzene rings is 2. The van der Waals surface area contributed by atoms with Gasteiger partial charge in [-0.25, -0.2) is 0 Å². The molecule has 2 N–H and O–H groups in total. The molecule has 0 heterocycles. The largest absolute Gasteiger partial charge is 0.323 e. The summed E-state index contributed by atoms with van der Waals surface area (Å²) in [6.07, 6.45) is 0. The maximum Gasteiger partial charge on any atom is 0.0567 e. The lowest BCUT2D eigenvalue weighted by atomic mass is 9.97. The Bertz CT molecular complexity index is 568. The molecule has 0 aromatic heterocycles. The van der Waals surface area contributed by atoms with Gasteiger partial charge in [-0.05, 0) is 17.0 Å². The molecule has 2 aromatic carbocycles. The Morgan fingerprint density at radius 2 is 1.48 bits per heavy atom. The predicted octanol–water partition coefficient (Wildman–Crippen LogP) is 3.66. The molecule has 0 saturated heterocycles. The molecule has 112 valence electrons. The van der Waals surface area contributed by atoms with Crippen molar-refractivity contribution in [2.45, 2.75) is 30.9 Å². The van der Waals surface area contributed by atoms with Crippen LogP contribution in [0.15, 0.2) is 60.7 Å². The van der Waals surface area contributed by atoms with Crippen LogP contribution in [-0.4, -0.2) is 9.46 Å². The van der Waals surface area contributed by atoms with Crippen molar-refractivity contribution in [3.8, 4) is 0 Å². The van der Waals surface area contributed by atoms with Gasteiger partial charge < -0.3 is 5.73 Å². The normalized spacial score (nSPS) is 15.6. The second-order valence-electron chi connectivity index (χ2n) is 5.66. The number of rotatable bonds is 6. The summed E-state index contributed by atoms with van der Waals surface area (Å²) in [4.78, 5) is 0. The lowest BCUT2D eigenvalue weighted by Gasteiger charge is -2.27. The van der Waals surface area contributed by atoms with E-state index in [1.54, 1.807) is 0 Å². The van der Waals surface area contributed by atoms with Crippen LogP contribution in [0.2, 0.25) is 0 Å². The Morgan fingerprint density at radius 3 is 2.00 bits per heavy atom. The average molecular weight is 301 g/mol. The minimum Gasteiger partial charge on any atom is -0.323 e. The van der Waals surface area contributed by atoms with Gasteiger partial charge in [0, 0.05) is 22.6 Å². The van der Waals surface area contributed by atoms with E-state index in [1.165, 1.54) is 0 Å². The maximum absolute atomic E-state index is 12.8. The second-order valence-corrected chi connectivity index (χ2v) is 7.25. The Balaban J connectivity index is 2.17. The van der Waals surface area contributed by atoms with Crippen molar-refractivity contribution in [2.24, 2.45) is 11.7 Å². The zero-order chi connectivity index (χ0) is 15.2. The van der Waals surface area contributed by atoms with Crippen molar-refractivity contribution in [1.82, 2.24) is 0 Å². The van der Waals surface area contributed by atoms with E-state index in [-0.39, 0.29) is 17.2 Å². The van der Waals surface area contributed by atoms with Gasteiger partial charge in [0.2, 0.25) is 0 Å². The molecule has 2 rings (SSSR count). The van der Waals surface area contributed by atoms with E-state index in [2.05, 4.69) is 13.8 Å². The van der Waals surface area contributed by atoms with Crippen molar-refractivity contribution in [1.29, 1.82) is 0 Å². The first kappa shape index (κ1) is 15.9. The van der Waals surface area contributed by atoms with Gasteiger partial charge in [0.05, 0.1) is 5.25 Å². The Labute approximate surface area is 129 Å². The molecular formula is C18H23NOS. The van der Waals surface area contributed by atoms with E-state index in [1.807, 2.05) is 60.7 Å². The molecule has 2 nitrogen and oxygen atoms in total. The first-order valence-electron chi connectivity index (χ1n) is 7.31. The minimum atomic E-state index is -0.994. The lowest BCUT2D eigenvalue weighted by molar-refractivity contribution is 0.510. The van der Waals surface area contributed by atoms with Crippen LogP contribution in [0.5, 0.6) is 0 Å². The summed E-state index contributed by atoms with van der Waals surface area (Å²) in [5, 5.41) is -0.0485. The van der Waals surface area contributed by atoms with E-state index in [9.17, 15) is 4.21 Å². The van der Waals surface area contributed by atoms with E-state index < -0.39 is 10.8 Å². The summed E-state index contributed by atoms with van der Waals surface area (Å²) < 4.78 is 12.8. The first-order chi connectivity index (χ1) is 10.1. The zero-order valence-electron chi connectivity index (χ0n) is 12.6. The van der Waals surface area contributed by atoms with Crippen LogP contribution in [-0.2, 0) is 16.6 Å². The summed E-state index contributed by atoms with van der Waals surface area (Å²) in [7, 11) is -0.994. The third kappa shape index (κ3) is 4.26. The van der Waals surface area contributed by atoms with Gasteiger partial charge >= 0.3 is 0 Å². The topological polar surface area (TPSA) is 43.1 Å². The Hall–Kier alpha value is -1.45. The molecular weight excluding hydrogens is 278 g/mol. The van der Waals surface area contributed by atoms with Gasteiger partial charge in [-0.1, -0.05) is 74.5 Å². The summed E-state index contributed by atoms with van der Waals surface area (Å²) in [6, 6.07) is 19.7. The molecule has 2 aromatic rings. The van der Waals surface area contributed by atoms with Crippen LogP contribution >= 0.6 is 0 Å². The van der Waals surface area contributed by atoms with Crippen LogP contribution in [0.25, 0.3) is 0 Å². The molecule has 0 amide bonds. The van der Waals surface area contributed by atoms with Gasteiger partial charge in [-0.15, -0.1) is 0 Å². The van der Waals surface area contributed by atoms with E-state index in [0.29, 0.717) is 5.75 Å². The molecule has 0 aliphatic rings. The monoisotopic (exact) mass is 301 g/mol. The fraction of sp³-hybridized carbons (Fsp3) is 0.333. The van der Waals surface area contributed by atoms with Crippen LogP contribution in [0.1, 0.15) is 31.0 Å². The van der Waals surface area contributed by atoms with E-state index >= 15 is 0 Å². The second kappa shape index (κ2) is 7.53. The maximum atomic E-state index is 12.8. The molecule has 0 aliphatic heterocycles. The number of hydrogen-bond donors (Lipinski definition) is 1. The van der Waals surface area contributed by atoms with Gasteiger partial charge in [0.1, 0.15) is 0 Å². The Morgan fingerprint density at radius 1 is 0.952 bits per heavy atom.